The molecule has 0 aliphatic carbocycles. The number of guanidine groups is 1. The first-order valence-electron chi connectivity index (χ1n) is 8.19. The molecule has 2 rings (SSSR count). The maximum atomic E-state index is 12.0. The maximum absolute atomic E-state index is 12.0. The van der Waals surface area contributed by atoms with Gasteiger partial charge in [0, 0.05) is 59.0 Å². The predicted molar refractivity (Wildman–Crippen MR) is 86.2 cm³/mol. The first-order valence-corrected chi connectivity index (χ1v) is 8.19. The number of ether oxygens (including phenoxy) is 1. The molecule has 1 N–H and O–H groups in total. The highest BCUT2D eigenvalue weighted by molar-refractivity contribution is 5.79. The summed E-state index contributed by atoms with van der Waals surface area (Å²) in [6.45, 7) is 3.54. The summed E-state index contributed by atoms with van der Waals surface area (Å²) >= 11 is 0. The fourth-order valence-electron chi connectivity index (χ4n) is 2.56. The molecule has 7 nitrogen and oxygen atoms in total. The summed E-state index contributed by atoms with van der Waals surface area (Å²) in [4.78, 5) is 8.65. The van der Waals surface area contributed by atoms with E-state index in [2.05, 4.69) is 30.0 Å². The van der Waals surface area contributed by atoms with Gasteiger partial charge in [-0.25, -0.2) is 0 Å². The average Bonchev–Trinajstić information content (AvgIpc) is 3.07. The van der Waals surface area contributed by atoms with Crippen molar-refractivity contribution in [2.24, 2.45) is 4.99 Å². The second-order valence-electron chi connectivity index (χ2n) is 5.75. The zero-order valence-corrected chi connectivity index (χ0v) is 14.3. The fraction of sp³-hybridized carbons (Fsp3) is 0.733. The molecule has 25 heavy (non-hydrogen) atoms. The van der Waals surface area contributed by atoms with Gasteiger partial charge >= 0.3 is 6.18 Å². The molecule has 1 saturated heterocycles. The van der Waals surface area contributed by atoms with Crippen LogP contribution in [-0.2, 0) is 11.3 Å². The number of rotatable bonds is 7. The van der Waals surface area contributed by atoms with Crippen LogP contribution in [0.5, 0.6) is 0 Å². The van der Waals surface area contributed by atoms with Crippen LogP contribution in [0.2, 0.25) is 0 Å². The molecule has 0 unspecified atom stereocenters. The number of nitrogens with zero attached hydrogens (tertiary/aromatic N) is 4. The quantitative estimate of drug-likeness (QED) is 0.448. The molecule has 0 spiro atoms. The van der Waals surface area contributed by atoms with E-state index in [0.29, 0.717) is 13.0 Å². The molecule has 142 valence electrons. The molecule has 0 amide bonds. The van der Waals surface area contributed by atoms with Crippen LogP contribution < -0.4 is 5.32 Å². The number of aliphatic imine (C=N–C) groups is 1. The van der Waals surface area contributed by atoms with Crippen LogP contribution in [0, 0.1) is 0 Å². The first-order chi connectivity index (χ1) is 12.0. The summed E-state index contributed by atoms with van der Waals surface area (Å²) in [5.74, 6) is 0.761. The normalized spacial score (nSPS) is 17.1. The lowest BCUT2D eigenvalue weighted by molar-refractivity contribution is -0.173. The monoisotopic (exact) mass is 363 g/mol. The summed E-state index contributed by atoms with van der Waals surface area (Å²) in [6.07, 6.45) is -2.22. The number of hydrogen-bond donors (Lipinski definition) is 1. The summed E-state index contributed by atoms with van der Waals surface area (Å²) in [5.41, 5.74) is 0.912. The molecule has 0 saturated carbocycles. The summed E-state index contributed by atoms with van der Waals surface area (Å²) in [5, 5.41) is 7.08. The molecule has 1 fully saturated rings. The highest BCUT2D eigenvalue weighted by Crippen LogP contribution is 2.14. The average molecular weight is 363 g/mol. The molecular weight excluding hydrogens is 339 g/mol. The Balaban J connectivity index is 1.61. The zero-order valence-electron chi connectivity index (χ0n) is 14.3. The van der Waals surface area contributed by atoms with Crippen molar-refractivity contribution in [3.05, 3.63) is 18.0 Å². The Bertz CT molecular complexity index is 514. The van der Waals surface area contributed by atoms with Crippen molar-refractivity contribution in [2.45, 2.75) is 19.1 Å². The van der Waals surface area contributed by atoms with Crippen LogP contribution in [0.4, 0.5) is 13.2 Å². The van der Waals surface area contributed by atoms with Gasteiger partial charge in [0.1, 0.15) is 12.9 Å². The zero-order chi connectivity index (χ0) is 18.1. The Kier molecular flexibility index (Phi) is 7.51. The second kappa shape index (κ2) is 9.62. The molecule has 10 heteroatoms. The van der Waals surface area contributed by atoms with Gasteiger partial charge in [0.25, 0.3) is 0 Å². The van der Waals surface area contributed by atoms with Crippen LogP contribution in [-0.4, -0.2) is 80.1 Å². The van der Waals surface area contributed by atoms with E-state index >= 15 is 0 Å². The lowest BCUT2D eigenvalue weighted by Crippen LogP contribution is -2.52. The van der Waals surface area contributed by atoms with Crippen molar-refractivity contribution in [1.29, 1.82) is 0 Å². The summed E-state index contributed by atoms with van der Waals surface area (Å²) < 4.78 is 45.3. The first kappa shape index (κ1) is 19.5. The molecule has 2 heterocycles. The lowest BCUT2D eigenvalue weighted by Gasteiger charge is -2.36. The Labute approximate surface area is 144 Å². The topological polar surface area (TPSA) is 66.1 Å². The van der Waals surface area contributed by atoms with Gasteiger partial charge in [-0.15, -0.1) is 0 Å². The van der Waals surface area contributed by atoms with Gasteiger partial charge < -0.3 is 19.5 Å². The molecule has 0 aromatic carbocycles. The van der Waals surface area contributed by atoms with Gasteiger partial charge in [0.15, 0.2) is 5.96 Å². The lowest BCUT2D eigenvalue weighted by atomic mass is 10.3. The number of hydrogen-bond acceptors (Lipinski definition) is 5. The molecule has 0 bridgehead atoms. The van der Waals surface area contributed by atoms with Gasteiger partial charge in [-0.1, -0.05) is 5.16 Å². The maximum Gasteiger partial charge on any atom is 0.411 e. The molecular formula is C15H24F3N5O2. The molecule has 1 aromatic rings. The molecule has 1 aliphatic heterocycles. The third-order valence-electron chi connectivity index (χ3n) is 3.77. The van der Waals surface area contributed by atoms with E-state index < -0.39 is 12.8 Å². The highest BCUT2D eigenvalue weighted by Gasteiger charge is 2.27. The third-order valence-corrected chi connectivity index (χ3v) is 3.77. The van der Waals surface area contributed by atoms with Crippen LogP contribution in [0.25, 0.3) is 0 Å². The predicted octanol–water partition coefficient (Wildman–Crippen LogP) is 1.34. The summed E-state index contributed by atoms with van der Waals surface area (Å²) in [7, 11) is 1.70. The molecule has 0 radical (unpaired) electrons. The van der Waals surface area contributed by atoms with E-state index in [1.807, 2.05) is 6.07 Å². The highest BCUT2D eigenvalue weighted by atomic mass is 19.4. The minimum absolute atomic E-state index is 0.0645. The number of nitrogens with one attached hydrogen (secondary N) is 1. The smallest absolute Gasteiger partial charge is 0.372 e. The SMILES string of the molecule is CN=C(NCCCOCC(F)(F)F)N1CCN(Cc2ccon2)CC1. The number of aromatic nitrogens is 1. The Morgan fingerprint density at radius 3 is 2.72 bits per heavy atom. The van der Waals surface area contributed by atoms with Crippen LogP contribution in [0.3, 0.4) is 0 Å². The van der Waals surface area contributed by atoms with Crippen molar-refractivity contribution in [3.8, 4) is 0 Å². The number of piperazine rings is 1. The Hall–Kier alpha value is -1.81. The number of halogens is 3. The minimum atomic E-state index is -4.27. The van der Waals surface area contributed by atoms with Gasteiger partial charge in [0.2, 0.25) is 0 Å². The van der Waals surface area contributed by atoms with Gasteiger partial charge in [-0.2, -0.15) is 13.2 Å². The van der Waals surface area contributed by atoms with Crippen molar-refractivity contribution in [1.82, 2.24) is 20.3 Å². The molecule has 1 aliphatic rings. The van der Waals surface area contributed by atoms with E-state index in [1.54, 1.807) is 13.3 Å². The van der Waals surface area contributed by atoms with Crippen LogP contribution in [0.1, 0.15) is 12.1 Å². The van der Waals surface area contributed by atoms with Gasteiger partial charge in [-0.05, 0) is 6.42 Å². The standard InChI is InChI=1S/C15H24F3N5O2/c1-19-14(20-4-2-9-24-12-15(16,17)18)23-7-5-22(6-8-23)11-13-3-10-25-21-13/h3,10H,2,4-9,11-12H2,1H3,(H,19,20). The van der Waals surface area contributed by atoms with Crippen molar-refractivity contribution in [2.75, 3.05) is 53.0 Å². The largest absolute Gasteiger partial charge is 0.411 e. The summed E-state index contributed by atoms with van der Waals surface area (Å²) in [6, 6.07) is 1.85. The number of alkyl halides is 3. The second-order valence-corrected chi connectivity index (χ2v) is 5.75. The Morgan fingerprint density at radius 1 is 1.36 bits per heavy atom. The van der Waals surface area contributed by atoms with Gasteiger partial charge in [0.05, 0.1) is 5.69 Å². The Morgan fingerprint density at radius 2 is 2.12 bits per heavy atom. The van der Waals surface area contributed by atoms with Crippen LogP contribution in [0.15, 0.2) is 21.8 Å². The van der Waals surface area contributed by atoms with Crippen LogP contribution >= 0.6 is 0 Å². The minimum Gasteiger partial charge on any atom is -0.372 e. The third kappa shape index (κ3) is 7.30. The van der Waals surface area contributed by atoms with E-state index in [-0.39, 0.29) is 6.61 Å². The molecule has 0 atom stereocenters. The fourth-order valence-corrected chi connectivity index (χ4v) is 2.56. The van der Waals surface area contributed by atoms with Crippen molar-refractivity contribution < 1.29 is 22.4 Å². The van der Waals surface area contributed by atoms with Crippen molar-refractivity contribution >= 4 is 5.96 Å². The molecule has 1 aromatic heterocycles. The van der Waals surface area contributed by atoms with E-state index in [4.69, 9.17) is 4.52 Å². The van der Waals surface area contributed by atoms with Gasteiger partial charge in [-0.3, -0.25) is 9.89 Å². The van der Waals surface area contributed by atoms with E-state index in [1.165, 1.54) is 0 Å². The van der Waals surface area contributed by atoms with E-state index in [0.717, 1.165) is 44.4 Å². The van der Waals surface area contributed by atoms with E-state index in [9.17, 15) is 13.2 Å². The van der Waals surface area contributed by atoms with Crippen molar-refractivity contribution in [3.63, 3.8) is 0 Å².